The maximum atomic E-state index is 13.9. The van der Waals surface area contributed by atoms with Gasteiger partial charge in [-0.15, -0.1) is 11.3 Å². The van der Waals surface area contributed by atoms with Crippen molar-refractivity contribution >= 4 is 45.0 Å². The van der Waals surface area contributed by atoms with Gasteiger partial charge in [-0.05, 0) is 68.7 Å². The standard InChI is InChI=1S/C27H32ClN3O2S/c1-4-20-13-22-24(34-20)14-23-25(32)31(15-18-7-5-6-8-21(18)28)27(3,16-30(22)23)26(33)29-19-11-9-17(2)10-12-19/h5-8,13-14,17,19H,4,9-12,15-16H2,1-3H3,(H,29,33)/t17?,19?,27-/m0/s1. The van der Waals surface area contributed by atoms with Crippen molar-refractivity contribution in [1.29, 1.82) is 0 Å². The molecule has 3 heterocycles. The van der Waals surface area contributed by atoms with Crippen LogP contribution in [0.3, 0.4) is 0 Å². The molecule has 1 atom stereocenters. The Balaban J connectivity index is 1.53. The van der Waals surface area contributed by atoms with E-state index in [4.69, 9.17) is 11.6 Å². The van der Waals surface area contributed by atoms with Gasteiger partial charge in [-0.25, -0.2) is 0 Å². The van der Waals surface area contributed by atoms with Gasteiger partial charge in [0, 0.05) is 22.5 Å². The molecule has 2 amide bonds. The molecule has 0 spiro atoms. The van der Waals surface area contributed by atoms with Crippen LogP contribution in [0.2, 0.25) is 5.02 Å². The third kappa shape index (κ3) is 4.05. The number of halogens is 1. The minimum Gasteiger partial charge on any atom is -0.351 e. The lowest BCUT2D eigenvalue weighted by Crippen LogP contribution is -2.64. The highest BCUT2D eigenvalue weighted by Crippen LogP contribution is 2.37. The molecule has 7 heteroatoms. The second kappa shape index (κ2) is 9.04. The van der Waals surface area contributed by atoms with Gasteiger partial charge >= 0.3 is 0 Å². The minimum absolute atomic E-state index is 0.0779. The summed E-state index contributed by atoms with van der Waals surface area (Å²) in [5.74, 6) is 0.507. The van der Waals surface area contributed by atoms with Crippen molar-refractivity contribution in [3.05, 3.63) is 57.6 Å². The summed E-state index contributed by atoms with van der Waals surface area (Å²) in [6.07, 6.45) is 5.19. The number of hydrogen-bond donors (Lipinski definition) is 1. The fourth-order valence-electron chi connectivity index (χ4n) is 5.35. The average molecular weight is 498 g/mol. The molecule has 34 heavy (non-hydrogen) atoms. The van der Waals surface area contributed by atoms with E-state index in [0.717, 1.165) is 47.9 Å². The zero-order chi connectivity index (χ0) is 24.0. The number of aromatic nitrogens is 1. The van der Waals surface area contributed by atoms with Gasteiger partial charge < -0.3 is 14.8 Å². The molecule has 0 radical (unpaired) electrons. The molecule has 2 aromatic heterocycles. The lowest BCUT2D eigenvalue weighted by atomic mass is 9.86. The molecule has 0 bridgehead atoms. The number of carbonyl (C=O) groups is 2. The Bertz CT molecular complexity index is 1240. The van der Waals surface area contributed by atoms with Gasteiger partial charge in [-0.1, -0.05) is 43.6 Å². The molecule has 1 aliphatic carbocycles. The lowest BCUT2D eigenvalue weighted by molar-refractivity contribution is -0.134. The van der Waals surface area contributed by atoms with Crippen molar-refractivity contribution in [2.24, 2.45) is 5.92 Å². The second-order valence-electron chi connectivity index (χ2n) is 10.1. The van der Waals surface area contributed by atoms with Crippen LogP contribution in [-0.2, 0) is 24.3 Å². The summed E-state index contributed by atoms with van der Waals surface area (Å²) in [4.78, 5) is 30.8. The van der Waals surface area contributed by atoms with Gasteiger partial charge in [0.15, 0.2) is 0 Å². The second-order valence-corrected chi connectivity index (χ2v) is 11.7. The smallest absolute Gasteiger partial charge is 0.271 e. The molecule has 5 nitrogen and oxygen atoms in total. The number of hydrogen-bond acceptors (Lipinski definition) is 3. The van der Waals surface area contributed by atoms with Crippen LogP contribution in [0.1, 0.15) is 67.4 Å². The van der Waals surface area contributed by atoms with Crippen LogP contribution in [0.4, 0.5) is 0 Å². The highest BCUT2D eigenvalue weighted by atomic mass is 35.5. The fraction of sp³-hybridized carbons (Fsp3) is 0.481. The van der Waals surface area contributed by atoms with Crippen LogP contribution in [0.5, 0.6) is 0 Å². The normalized spacial score (nSPS) is 24.9. The topological polar surface area (TPSA) is 54.3 Å². The van der Waals surface area contributed by atoms with E-state index in [1.165, 1.54) is 4.88 Å². The first-order chi connectivity index (χ1) is 16.3. The molecule has 1 saturated carbocycles. The number of nitrogens with zero attached hydrogens (tertiary/aromatic N) is 2. The van der Waals surface area contributed by atoms with E-state index in [9.17, 15) is 9.59 Å². The molecule has 2 aliphatic rings. The van der Waals surface area contributed by atoms with Crippen molar-refractivity contribution in [2.45, 2.75) is 77.5 Å². The van der Waals surface area contributed by atoms with Crippen LogP contribution in [0, 0.1) is 5.92 Å². The van der Waals surface area contributed by atoms with Gasteiger partial charge in [-0.2, -0.15) is 0 Å². The molecule has 1 fully saturated rings. The van der Waals surface area contributed by atoms with Crippen molar-refractivity contribution in [3.8, 4) is 0 Å². The third-order valence-electron chi connectivity index (χ3n) is 7.64. The zero-order valence-corrected chi connectivity index (χ0v) is 21.6. The first-order valence-corrected chi connectivity index (χ1v) is 13.5. The Labute approximate surface area is 210 Å². The van der Waals surface area contributed by atoms with E-state index in [2.05, 4.69) is 29.8 Å². The number of fused-ring (bicyclic) bond motifs is 3. The molecule has 5 rings (SSSR count). The molecule has 1 N–H and O–H groups in total. The highest BCUT2D eigenvalue weighted by Gasteiger charge is 2.48. The maximum absolute atomic E-state index is 13.9. The first kappa shape index (κ1) is 23.4. The Hall–Kier alpha value is -2.31. The molecule has 1 aromatic carbocycles. The van der Waals surface area contributed by atoms with Crippen molar-refractivity contribution in [2.75, 3.05) is 0 Å². The van der Waals surface area contributed by atoms with Crippen molar-refractivity contribution < 1.29 is 9.59 Å². The summed E-state index contributed by atoms with van der Waals surface area (Å²) >= 11 is 8.20. The summed E-state index contributed by atoms with van der Waals surface area (Å²) in [6, 6.07) is 11.9. The van der Waals surface area contributed by atoms with Crippen LogP contribution in [0.25, 0.3) is 10.2 Å². The van der Waals surface area contributed by atoms with Crippen LogP contribution in [-0.4, -0.2) is 32.9 Å². The van der Waals surface area contributed by atoms with Gasteiger partial charge in [0.1, 0.15) is 11.2 Å². The lowest BCUT2D eigenvalue weighted by Gasteiger charge is -2.45. The van der Waals surface area contributed by atoms with E-state index in [0.29, 0.717) is 29.7 Å². The third-order valence-corrected chi connectivity index (χ3v) is 9.23. The predicted octanol–water partition coefficient (Wildman–Crippen LogP) is 6.03. The maximum Gasteiger partial charge on any atom is 0.271 e. The minimum atomic E-state index is -1.02. The highest BCUT2D eigenvalue weighted by molar-refractivity contribution is 7.19. The quantitative estimate of drug-likeness (QED) is 0.468. The summed E-state index contributed by atoms with van der Waals surface area (Å²) in [5, 5.41) is 3.92. The Kier molecular flexibility index (Phi) is 6.23. The number of benzene rings is 1. The fourth-order valence-corrected chi connectivity index (χ4v) is 6.59. The molecule has 0 unspecified atom stereocenters. The molecular weight excluding hydrogens is 466 g/mol. The largest absolute Gasteiger partial charge is 0.351 e. The number of amides is 2. The van der Waals surface area contributed by atoms with Crippen LogP contribution >= 0.6 is 22.9 Å². The van der Waals surface area contributed by atoms with E-state index >= 15 is 0 Å². The molecule has 1 aliphatic heterocycles. The number of carbonyl (C=O) groups excluding carboxylic acids is 2. The number of rotatable bonds is 5. The van der Waals surface area contributed by atoms with Gasteiger partial charge in [0.05, 0.1) is 16.8 Å². The van der Waals surface area contributed by atoms with Gasteiger partial charge in [0.2, 0.25) is 5.91 Å². The number of thiophene rings is 1. The molecule has 0 saturated heterocycles. The Morgan fingerprint density at radius 1 is 1.21 bits per heavy atom. The van der Waals surface area contributed by atoms with Crippen LogP contribution < -0.4 is 5.32 Å². The van der Waals surface area contributed by atoms with Crippen molar-refractivity contribution in [1.82, 2.24) is 14.8 Å². The number of nitrogens with one attached hydrogen (secondary N) is 1. The van der Waals surface area contributed by atoms with E-state index in [1.54, 1.807) is 16.2 Å². The van der Waals surface area contributed by atoms with Gasteiger partial charge in [0.25, 0.3) is 5.91 Å². The van der Waals surface area contributed by atoms with E-state index < -0.39 is 5.54 Å². The molecule has 3 aromatic rings. The monoisotopic (exact) mass is 497 g/mol. The summed E-state index contributed by atoms with van der Waals surface area (Å²) in [7, 11) is 0. The summed E-state index contributed by atoms with van der Waals surface area (Å²) in [5.41, 5.74) is 1.52. The summed E-state index contributed by atoms with van der Waals surface area (Å²) in [6.45, 7) is 7.04. The number of aryl methyl sites for hydroxylation is 1. The van der Waals surface area contributed by atoms with Gasteiger partial charge in [-0.3, -0.25) is 9.59 Å². The molecule has 180 valence electrons. The van der Waals surface area contributed by atoms with Crippen molar-refractivity contribution in [3.63, 3.8) is 0 Å². The SMILES string of the molecule is CCc1cc2c(cc3n2C[C@@](C)(C(=O)NC2CCC(C)CC2)N(Cc2ccccc2Cl)C3=O)s1. The first-order valence-electron chi connectivity index (χ1n) is 12.3. The zero-order valence-electron chi connectivity index (χ0n) is 20.1. The molecular formula is C27H32ClN3O2S. The Morgan fingerprint density at radius 2 is 1.94 bits per heavy atom. The summed E-state index contributed by atoms with van der Waals surface area (Å²) < 4.78 is 3.16. The van der Waals surface area contributed by atoms with E-state index in [1.807, 2.05) is 37.3 Å². The van der Waals surface area contributed by atoms with E-state index in [-0.39, 0.29) is 17.9 Å². The predicted molar refractivity (Wildman–Crippen MR) is 138 cm³/mol. The Morgan fingerprint density at radius 3 is 2.65 bits per heavy atom. The average Bonchev–Trinajstić information content (AvgIpc) is 3.38. The van der Waals surface area contributed by atoms with Crippen LogP contribution in [0.15, 0.2) is 36.4 Å².